The van der Waals surface area contributed by atoms with Crippen LogP contribution < -0.4 is 77.6 Å². The van der Waals surface area contributed by atoms with Gasteiger partial charge in [0, 0.05) is 68.3 Å². The maximum absolute atomic E-state index is 15.2. The lowest BCUT2D eigenvalue weighted by Crippen LogP contribution is -3.00. The summed E-state index contributed by atoms with van der Waals surface area (Å²) < 4.78 is 34.1. The van der Waals surface area contributed by atoms with E-state index in [1.807, 2.05) is 11.2 Å². The molecule has 0 bridgehead atoms. The van der Waals surface area contributed by atoms with Crippen LogP contribution in [0.3, 0.4) is 0 Å². The molecule has 0 aromatic carbocycles. The Morgan fingerprint density at radius 2 is 1.49 bits per heavy atom. The zero-order chi connectivity index (χ0) is 76.4. The second-order valence-electron chi connectivity index (χ2n) is 24.8. The van der Waals surface area contributed by atoms with Gasteiger partial charge >= 0.3 is 6.09 Å². The number of rotatable bonds is 37. The Morgan fingerprint density at radius 3 is 2.12 bits per heavy atom. The van der Waals surface area contributed by atoms with Crippen molar-refractivity contribution >= 4 is 92.7 Å². The van der Waals surface area contributed by atoms with Gasteiger partial charge in [0.15, 0.2) is 24.4 Å². The van der Waals surface area contributed by atoms with E-state index in [9.17, 15) is 79.2 Å². The third-order valence-corrected chi connectivity index (χ3v) is 20.5. The van der Waals surface area contributed by atoms with Crippen molar-refractivity contribution in [1.82, 2.24) is 66.7 Å². The van der Waals surface area contributed by atoms with Crippen molar-refractivity contribution in [3.63, 3.8) is 0 Å². The minimum atomic E-state index is -2.21. The summed E-state index contributed by atoms with van der Waals surface area (Å²) >= 11 is 2.47. The van der Waals surface area contributed by atoms with Gasteiger partial charge < -0.3 is 157 Å². The Kier molecular flexibility index (Phi) is 33.4. The lowest BCUT2D eigenvalue weighted by atomic mass is 9.96. The number of primary amides is 3. The molecule has 25 N–H and O–H groups in total. The number of nitrogens with zero attached hydrogens (tertiary/aromatic N) is 6. The van der Waals surface area contributed by atoms with E-state index in [1.54, 1.807) is 10.8 Å². The summed E-state index contributed by atoms with van der Waals surface area (Å²) in [6.45, 7) is 5.22. The number of halogens is 1. The molecule has 7 rings (SSSR count). The molecular formula is C60H91BrN18O23S3. The molecule has 4 aromatic rings. The summed E-state index contributed by atoms with van der Waals surface area (Å²) in [5.74, 6) is -7.52. The Bertz CT molecular complexity index is 3570. The molecule has 4 aromatic heterocycles. The number of aromatic nitrogens is 6. The van der Waals surface area contributed by atoms with E-state index in [2.05, 4.69) is 61.8 Å². The standard InChI is InChI=1S/C60H90N18O23S3.BrH/c1-24-38(74-51(77-49(24)63)29(15-35(62)82)69-16-28(61)50(64)89)55(93)76-40(46(30-17-66-23-70-30)99-59-48(44(87)42(85)33(18-79)98-59)100-58-45(88)47(101-60(65)95)43(86)34(19-80)97-58)56(94)71-26(3)41(84)25(2)52(90)75-39(27(4)81)54(92)68-9-7-36-72-32(21-102-36)57-73-31(20-103-57)53(91)67-8-6-14-104(5)22-37(83)78-10-12-96-13-11-78;/h17,20-21,23,25-29,33-34,39-48,58-59,69,79-81,84-88H,6-16,18-19,22,61H2,1-5H3,(H13-,62,63,64,65,66,67,68,70,71,74,75,76,77,82,89,90,91,92,93,94,95);1H/t25?,26?,27?,28?,29?,33-,34+,39?,40?,41?,42+,43+,44+,45-,46?,47+,48-,58+,59-,104?;/m0./s1. The number of H-pyrrole nitrogens is 1. The number of carbonyl (C=O) groups excluding carboxylic acids is 9. The highest BCUT2D eigenvalue weighted by Gasteiger charge is 2.54. The Morgan fingerprint density at radius 1 is 0.800 bits per heavy atom. The number of aliphatic hydroxyl groups is 8. The van der Waals surface area contributed by atoms with Crippen molar-refractivity contribution in [2.75, 3.05) is 82.6 Å². The van der Waals surface area contributed by atoms with Crippen molar-refractivity contribution < 1.29 is 129 Å². The van der Waals surface area contributed by atoms with E-state index < -0.39 is 183 Å². The van der Waals surface area contributed by atoms with Crippen LogP contribution in [0.15, 0.2) is 23.3 Å². The van der Waals surface area contributed by atoms with Gasteiger partial charge in [-0.1, -0.05) is 6.92 Å². The van der Waals surface area contributed by atoms with Gasteiger partial charge in [-0.05, 0) is 31.7 Å². The van der Waals surface area contributed by atoms with Crippen LogP contribution in [0.25, 0.3) is 10.7 Å². The number of aromatic amines is 1. The largest absolute Gasteiger partial charge is 1.00 e. The van der Waals surface area contributed by atoms with Crippen molar-refractivity contribution in [2.24, 2.45) is 28.9 Å². The van der Waals surface area contributed by atoms with Crippen molar-refractivity contribution in [1.29, 1.82) is 0 Å². The Balaban J connectivity index is 0.0000173. The minimum Gasteiger partial charge on any atom is -1.00 e. The fourth-order valence-corrected chi connectivity index (χ4v) is 13.9. The molecular weight excluding hydrogens is 1520 g/mol. The molecule has 3 saturated heterocycles. The lowest BCUT2D eigenvalue weighted by molar-refractivity contribution is -0.372. The highest BCUT2D eigenvalue weighted by Crippen LogP contribution is 2.35. The maximum atomic E-state index is 15.2. The SMILES string of the molecule is Cc1c(N)nc(C(CC(N)=O)NCC(N)C(N)=O)nc1C(=O)NC(C(=O)NC(C)C(O)C(C)C(=O)NC(C(=O)NCCc1nc(-c2nc(C(=O)NCCC[S+](C)CC(=O)N3CCOCC3)cs2)cs1)C(C)O)C(O[C@@H]1O[C@@H](CO)[C@@H](O)[C@@H](O)[C@@H]1O[C@H]1O[C@H](CO)[C@@H](O)[C@@H](OC(N)=O)[C@@H]1O)c1cnc[nH]1.[Br-]. The van der Waals surface area contributed by atoms with E-state index in [4.69, 9.17) is 57.1 Å². The second-order valence-corrected chi connectivity index (χ2v) is 28.8. The van der Waals surface area contributed by atoms with Gasteiger partial charge in [0.05, 0.1) is 92.2 Å². The maximum Gasteiger partial charge on any atom is 0.404 e. The van der Waals surface area contributed by atoms with E-state index >= 15 is 4.79 Å². The van der Waals surface area contributed by atoms with E-state index in [1.165, 1.54) is 50.4 Å². The molecule has 0 saturated carbocycles. The zero-order valence-electron chi connectivity index (χ0n) is 57.6. The summed E-state index contributed by atoms with van der Waals surface area (Å²) in [6, 6.07) is -7.90. The number of aliphatic hydroxyl groups excluding tert-OH is 8. The van der Waals surface area contributed by atoms with Crippen LogP contribution >= 0.6 is 22.7 Å². The molecule has 3 aliphatic heterocycles. The summed E-state index contributed by atoms with van der Waals surface area (Å²) in [7, 11) is -0.164. The van der Waals surface area contributed by atoms with Crippen LogP contribution in [-0.2, 0) is 74.5 Å². The summed E-state index contributed by atoms with van der Waals surface area (Å²) in [4.78, 5) is 146. The number of nitrogens with one attached hydrogen (secondary N) is 7. The molecule has 3 fully saturated rings. The summed E-state index contributed by atoms with van der Waals surface area (Å²) in [6.07, 6.45) is -22.5. The van der Waals surface area contributed by atoms with Gasteiger partial charge in [-0.25, -0.2) is 29.7 Å². The number of nitrogen functional groups attached to an aromatic ring is 1. The van der Waals surface area contributed by atoms with Crippen molar-refractivity contribution in [2.45, 2.75) is 157 Å². The predicted octanol–water partition coefficient (Wildman–Crippen LogP) is -11.5. The van der Waals surface area contributed by atoms with Crippen molar-refractivity contribution in [3.8, 4) is 10.7 Å². The first kappa shape index (κ1) is 86.5. The molecule has 45 heteroatoms. The molecule has 3 aliphatic rings. The molecule has 0 spiro atoms. The van der Waals surface area contributed by atoms with Gasteiger partial charge in [0.25, 0.3) is 17.7 Å². The smallest absolute Gasteiger partial charge is 0.404 e. The van der Waals surface area contributed by atoms with Gasteiger partial charge in [-0.15, -0.1) is 22.7 Å². The molecule has 10 unspecified atom stereocenters. The molecule has 0 aliphatic carbocycles. The molecule has 41 nitrogen and oxygen atoms in total. The number of carbonyl (C=O) groups is 9. The van der Waals surface area contributed by atoms with Gasteiger partial charge in [-0.3, -0.25) is 38.4 Å². The first-order valence-electron chi connectivity index (χ1n) is 32.7. The molecule has 584 valence electrons. The van der Waals surface area contributed by atoms with Crippen LogP contribution in [0, 0.1) is 12.8 Å². The molecule has 105 heavy (non-hydrogen) atoms. The van der Waals surface area contributed by atoms with Crippen LogP contribution in [0.2, 0.25) is 0 Å². The van der Waals surface area contributed by atoms with E-state index in [0.29, 0.717) is 60.7 Å². The number of hydrogen-bond acceptors (Lipinski definition) is 33. The van der Waals surface area contributed by atoms with Crippen molar-refractivity contribution in [3.05, 3.63) is 56.8 Å². The van der Waals surface area contributed by atoms with Crippen LogP contribution in [0.1, 0.15) is 88.8 Å². The lowest BCUT2D eigenvalue weighted by Gasteiger charge is -2.47. The van der Waals surface area contributed by atoms with E-state index in [0.717, 1.165) is 18.3 Å². The van der Waals surface area contributed by atoms with Gasteiger partial charge in [0.2, 0.25) is 29.5 Å². The topological polar surface area (TPSA) is 657 Å². The molecule has 9 amide bonds. The number of nitrogens with two attached hydrogens (primary N) is 5. The van der Waals surface area contributed by atoms with Crippen LogP contribution in [0.5, 0.6) is 0 Å². The predicted molar refractivity (Wildman–Crippen MR) is 365 cm³/mol. The number of amides is 9. The van der Waals surface area contributed by atoms with E-state index in [-0.39, 0.29) is 87.8 Å². The minimum absolute atomic E-state index is 0. The number of anilines is 1. The summed E-state index contributed by atoms with van der Waals surface area (Å²) in [5.41, 5.74) is 28.0. The van der Waals surface area contributed by atoms with Crippen LogP contribution in [-0.4, -0.2) is 304 Å². The fraction of sp³-hybridized carbons (Fsp3) is 0.633. The number of thiazole rings is 2. The molecule has 7 heterocycles. The van der Waals surface area contributed by atoms with Crippen LogP contribution in [0.4, 0.5) is 10.6 Å². The Hall–Kier alpha value is -7.39. The average Bonchev–Trinajstić information content (AvgIpc) is 1.47. The first-order valence-corrected chi connectivity index (χ1v) is 36.4. The molecule has 0 radical (unpaired) electrons. The number of morpholine rings is 1. The summed E-state index contributed by atoms with van der Waals surface area (Å²) in [5, 5.41) is 108. The first-order chi connectivity index (χ1) is 49.3. The molecule has 20 atom stereocenters. The third kappa shape index (κ3) is 23.6. The van der Waals surface area contributed by atoms with Gasteiger partial charge in [-0.2, -0.15) is 0 Å². The normalized spacial score (nSPS) is 24.0. The fourth-order valence-electron chi connectivity index (χ4n) is 10.9. The van der Waals surface area contributed by atoms with Gasteiger partial charge in [0.1, 0.15) is 100 Å². The number of hydrogen-bond donors (Lipinski definition) is 20. The highest BCUT2D eigenvalue weighted by molar-refractivity contribution is 7.96. The Labute approximate surface area is 621 Å². The third-order valence-electron chi connectivity index (χ3n) is 17.0. The highest BCUT2D eigenvalue weighted by atomic mass is 79.9. The second kappa shape index (κ2) is 40.5. The monoisotopic (exact) mass is 1610 g/mol. The zero-order valence-corrected chi connectivity index (χ0v) is 61.6. The average molecular weight is 1610 g/mol. The quantitative estimate of drug-likeness (QED) is 0.0147. The number of ether oxygens (including phenoxy) is 6. The number of imidazole rings is 1.